The van der Waals surface area contributed by atoms with E-state index in [-0.39, 0.29) is 0 Å². The molecule has 0 spiro atoms. The Kier molecular flexibility index (Phi) is 2.78. The van der Waals surface area contributed by atoms with E-state index in [1.807, 2.05) is 25.1 Å². The maximum absolute atomic E-state index is 11.1. The maximum atomic E-state index is 11.1. The predicted octanol–water partition coefficient (Wildman–Crippen LogP) is 1.11. The van der Waals surface area contributed by atoms with Gasteiger partial charge in [0.25, 0.3) is 0 Å². The molecular formula is C11H13N5O. The molecule has 0 fully saturated rings. The number of nitrogens with one attached hydrogen (secondary N) is 2. The highest BCUT2D eigenvalue weighted by Crippen LogP contribution is 2.23. The predicted molar refractivity (Wildman–Crippen MR) is 66.3 cm³/mol. The van der Waals surface area contributed by atoms with Crippen LogP contribution in [0.25, 0.3) is 0 Å². The van der Waals surface area contributed by atoms with Crippen molar-refractivity contribution in [3.05, 3.63) is 39.9 Å². The number of aryl methyl sites for hydroxylation is 2. The van der Waals surface area contributed by atoms with Crippen molar-refractivity contribution in [2.24, 2.45) is 0 Å². The fourth-order valence-corrected chi connectivity index (χ4v) is 1.43. The highest BCUT2D eigenvalue weighted by Gasteiger charge is 2.05. The molecule has 0 aliphatic carbocycles. The molecule has 17 heavy (non-hydrogen) atoms. The number of H-pyrrole nitrogens is 1. The van der Waals surface area contributed by atoms with Gasteiger partial charge in [0, 0.05) is 0 Å². The van der Waals surface area contributed by atoms with Crippen LogP contribution in [0.2, 0.25) is 0 Å². The molecule has 6 heteroatoms. The van der Waals surface area contributed by atoms with E-state index in [0.29, 0.717) is 22.9 Å². The quantitative estimate of drug-likeness (QED) is 0.673. The third kappa shape index (κ3) is 2.41. The summed E-state index contributed by atoms with van der Waals surface area (Å²) in [5.41, 5.74) is 8.35. The van der Waals surface area contributed by atoms with E-state index < -0.39 is 5.69 Å². The first-order valence-electron chi connectivity index (χ1n) is 5.13. The number of hydrogen-bond donors (Lipinski definition) is 3. The molecule has 0 bridgehead atoms. The summed E-state index contributed by atoms with van der Waals surface area (Å²) in [4.78, 5) is 14.9. The third-order valence-corrected chi connectivity index (χ3v) is 2.34. The second-order valence-corrected chi connectivity index (χ2v) is 3.79. The van der Waals surface area contributed by atoms with Crippen molar-refractivity contribution < 1.29 is 0 Å². The van der Waals surface area contributed by atoms with Crippen LogP contribution in [-0.4, -0.2) is 15.2 Å². The van der Waals surface area contributed by atoms with E-state index in [1.165, 1.54) is 0 Å². The van der Waals surface area contributed by atoms with Gasteiger partial charge in [-0.2, -0.15) is 10.1 Å². The molecule has 2 rings (SSSR count). The van der Waals surface area contributed by atoms with Crippen molar-refractivity contribution in [3.63, 3.8) is 0 Å². The van der Waals surface area contributed by atoms with E-state index in [1.54, 1.807) is 6.92 Å². The zero-order valence-electron chi connectivity index (χ0n) is 9.61. The van der Waals surface area contributed by atoms with Crippen molar-refractivity contribution in [2.45, 2.75) is 13.8 Å². The average molecular weight is 231 g/mol. The van der Waals surface area contributed by atoms with Crippen LogP contribution in [0.1, 0.15) is 11.3 Å². The van der Waals surface area contributed by atoms with Gasteiger partial charge >= 0.3 is 5.69 Å². The summed E-state index contributed by atoms with van der Waals surface area (Å²) >= 11 is 0. The lowest BCUT2D eigenvalue weighted by molar-refractivity contribution is 0.885. The largest absolute Gasteiger partial charge is 0.397 e. The molecule has 0 aliphatic rings. The summed E-state index contributed by atoms with van der Waals surface area (Å²) in [6.07, 6.45) is 0. The van der Waals surface area contributed by atoms with Gasteiger partial charge < -0.3 is 11.1 Å². The second-order valence-electron chi connectivity index (χ2n) is 3.79. The first kappa shape index (κ1) is 11.1. The van der Waals surface area contributed by atoms with Gasteiger partial charge in [0.1, 0.15) is 5.69 Å². The summed E-state index contributed by atoms with van der Waals surface area (Å²) in [5, 5.41) is 9.07. The minimum atomic E-state index is -0.496. The highest BCUT2D eigenvalue weighted by molar-refractivity contribution is 5.72. The van der Waals surface area contributed by atoms with E-state index in [0.717, 1.165) is 5.56 Å². The average Bonchev–Trinajstić information content (AvgIpc) is 2.27. The van der Waals surface area contributed by atoms with Gasteiger partial charge in [-0.05, 0) is 31.5 Å². The van der Waals surface area contributed by atoms with Crippen LogP contribution in [0.3, 0.4) is 0 Å². The first-order valence-corrected chi connectivity index (χ1v) is 5.13. The fourth-order valence-electron chi connectivity index (χ4n) is 1.43. The number of benzene rings is 1. The molecule has 2 aromatic rings. The summed E-state index contributed by atoms with van der Waals surface area (Å²) in [7, 11) is 0. The molecule has 0 radical (unpaired) electrons. The Balaban J connectivity index is 2.37. The van der Waals surface area contributed by atoms with Crippen LogP contribution in [0, 0.1) is 13.8 Å². The third-order valence-electron chi connectivity index (χ3n) is 2.34. The lowest BCUT2D eigenvalue weighted by Crippen LogP contribution is -2.16. The van der Waals surface area contributed by atoms with Gasteiger partial charge in [-0.15, -0.1) is 0 Å². The molecule has 0 unspecified atom stereocenters. The van der Waals surface area contributed by atoms with E-state index in [2.05, 4.69) is 20.5 Å². The molecule has 1 aromatic carbocycles. The normalized spacial score (nSPS) is 10.2. The number of nitrogen functional groups attached to an aromatic ring is 1. The van der Waals surface area contributed by atoms with Gasteiger partial charge in [-0.3, -0.25) is 0 Å². The maximum Gasteiger partial charge on any atom is 0.363 e. The molecule has 6 nitrogen and oxygen atoms in total. The van der Waals surface area contributed by atoms with Crippen molar-refractivity contribution in [1.29, 1.82) is 0 Å². The number of anilines is 3. The Morgan fingerprint density at radius 1 is 1.35 bits per heavy atom. The molecule has 0 saturated carbocycles. The molecule has 0 amide bonds. The Morgan fingerprint density at radius 2 is 2.12 bits per heavy atom. The van der Waals surface area contributed by atoms with Crippen LogP contribution < -0.4 is 16.7 Å². The molecule has 0 aliphatic heterocycles. The number of nitrogens with zero attached hydrogens (tertiary/aromatic N) is 2. The van der Waals surface area contributed by atoms with Crippen LogP contribution in [0.4, 0.5) is 17.2 Å². The topological polar surface area (TPSA) is 96.7 Å². The van der Waals surface area contributed by atoms with Crippen molar-refractivity contribution in [2.75, 3.05) is 11.1 Å². The van der Waals surface area contributed by atoms with Crippen LogP contribution in [0.15, 0.2) is 23.0 Å². The number of nitrogens with two attached hydrogens (primary N) is 1. The van der Waals surface area contributed by atoms with Crippen LogP contribution in [-0.2, 0) is 0 Å². The lowest BCUT2D eigenvalue weighted by Gasteiger charge is -2.09. The molecule has 1 heterocycles. The number of aromatic nitrogens is 3. The second kappa shape index (κ2) is 4.25. The first-order chi connectivity index (χ1) is 8.06. The minimum absolute atomic E-state index is 0.407. The van der Waals surface area contributed by atoms with E-state index in [9.17, 15) is 4.79 Å². The van der Waals surface area contributed by atoms with Gasteiger partial charge in [-0.1, -0.05) is 6.07 Å². The smallest absolute Gasteiger partial charge is 0.363 e. The van der Waals surface area contributed by atoms with Crippen LogP contribution in [0.5, 0.6) is 0 Å². The summed E-state index contributed by atoms with van der Waals surface area (Å²) in [6.45, 7) is 3.70. The van der Waals surface area contributed by atoms with Gasteiger partial charge in [0.2, 0.25) is 0 Å². The number of hydrogen-bond acceptors (Lipinski definition) is 5. The summed E-state index contributed by atoms with van der Waals surface area (Å²) in [5.74, 6) is 0.407. The molecule has 0 atom stereocenters. The zero-order valence-corrected chi connectivity index (χ0v) is 9.61. The molecule has 4 N–H and O–H groups in total. The van der Waals surface area contributed by atoms with E-state index in [4.69, 9.17) is 5.73 Å². The van der Waals surface area contributed by atoms with Crippen LogP contribution >= 0.6 is 0 Å². The summed E-state index contributed by atoms with van der Waals surface area (Å²) < 4.78 is 0. The number of rotatable bonds is 2. The number of aromatic amines is 1. The lowest BCUT2D eigenvalue weighted by atomic mass is 10.2. The van der Waals surface area contributed by atoms with Crippen molar-refractivity contribution >= 4 is 17.2 Å². The molecule has 1 aromatic heterocycles. The standard InChI is InChI=1S/C11H13N5O/c1-6-3-4-9(8(12)5-6)13-10-7(2)15-16-11(17)14-10/h3-5H,12H2,1-2H3,(H2,13,14,16,17). The van der Waals surface area contributed by atoms with Crippen molar-refractivity contribution in [3.8, 4) is 0 Å². The van der Waals surface area contributed by atoms with Crippen molar-refractivity contribution in [1.82, 2.24) is 15.2 Å². The Labute approximate surface area is 97.9 Å². The monoisotopic (exact) mass is 231 g/mol. The summed E-state index contributed by atoms with van der Waals surface area (Å²) in [6, 6.07) is 5.61. The molecular weight excluding hydrogens is 218 g/mol. The fraction of sp³-hybridized carbons (Fsp3) is 0.182. The Morgan fingerprint density at radius 3 is 2.82 bits per heavy atom. The minimum Gasteiger partial charge on any atom is -0.397 e. The molecule has 0 saturated heterocycles. The van der Waals surface area contributed by atoms with E-state index >= 15 is 0 Å². The van der Waals surface area contributed by atoms with Gasteiger partial charge in [0.15, 0.2) is 5.82 Å². The van der Waals surface area contributed by atoms with Gasteiger partial charge in [0.05, 0.1) is 11.4 Å². The Bertz CT molecular complexity index is 605. The zero-order chi connectivity index (χ0) is 12.4. The molecule has 88 valence electrons. The van der Waals surface area contributed by atoms with Gasteiger partial charge in [-0.25, -0.2) is 9.89 Å². The SMILES string of the molecule is Cc1ccc(Nc2nc(=O)[nH]nc2C)c(N)c1. The Hall–Kier alpha value is -2.37. The highest BCUT2D eigenvalue weighted by atomic mass is 16.1.